The van der Waals surface area contributed by atoms with Gasteiger partial charge < -0.3 is 5.73 Å². The van der Waals surface area contributed by atoms with Gasteiger partial charge in [-0.05, 0) is 45.1 Å². The predicted octanol–water partition coefficient (Wildman–Crippen LogP) is 1.18. The molecule has 0 radical (unpaired) electrons. The number of piperidine rings is 1. The van der Waals surface area contributed by atoms with Gasteiger partial charge in [-0.2, -0.15) is 4.31 Å². The van der Waals surface area contributed by atoms with Crippen molar-refractivity contribution in [3.63, 3.8) is 0 Å². The van der Waals surface area contributed by atoms with Crippen LogP contribution < -0.4 is 5.73 Å². The van der Waals surface area contributed by atoms with Gasteiger partial charge in [0.25, 0.3) is 0 Å². The Hall–Kier alpha value is -0.130. The topological polar surface area (TPSA) is 63.4 Å². The molecule has 1 fully saturated rings. The minimum absolute atomic E-state index is 0.166. The van der Waals surface area contributed by atoms with Gasteiger partial charge in [0.2, 0.25) is 10.0 Å². The minimum atomic E-state index is -3.06. The Bertz CT molecular complexity index is 303. The SMILES string of the molecule is CC1CCC(C)N(S(=O)(=O)CCCCN)C1. The van der Waals surface area contributed by atoms with E-state index in [1.807, 2.05) is 6.92 Å². The maximum atomic E-state index is 12.1. The zero-order chi connectivity index (χ0) is 12.2. The van der Waals surface area contributed by atoms with E-state index in [9.17, 15) is 8.42 Å². The maximum Gasteiger partial charge on any atom is 0.214 e. The van der Waals surface area contributed by atoms with E-state index in [2.05, 4.69) is 6.92 Å². The molecule has 0 aromatic carbocycles. The Morgan fingerprint density at radius 3 is 2.56 bits per heavy atom. The first-order valence-corrected chi connectivity index (χ1v) is 7.78. The molecule has 0 spiro atoms. The summed E-state index contributed by atoms with van der Waals surface area (Å²) in [4.78, 5) is 0. The lowest BCUT2D eigenvalue weighted by molar-refractivity contribution is 0.218. The zero-order valence-electron chi connectivity index (χ0n) is 10.4. The van der Waals surface area contributed by atoms with E-state index in [1.165, 1.54) is 0 Å². The molecule has 5 heteroatoms. The summed E-state index contributed by atoms with van der Waals surface area (Å²) in [5, 5.41) is 0. The molecule has 0 aromatic rings. The average Bonchev–Trinajstić information content (AvgIpc) is 2.22. The highest BCUT2D eigenvalue weighted by Gasteiger charge is 2.31. The highest BCUT2D eigenvalue weighted by molar-refractivity contribution is 7.89. The smallest absolute Gasteiger partial charge is 0.214 e. The van der Waals surface area contributed by atoms with Gasteiger partial charge in [0.05, 0.1) is 5.75 Å². The molecule has 1 rings (SSSR count). The Morgan fingerprint density at radius 1 is 1.25 bits per heavy atom. The molecule has 16 heavy (non-hydrogen) atoms. The van der Waals surface area contributed by atoms with Crippen molar-refractivity contribution in [2.24, 2.45) is 11.7 Å². The van der Waals surface area contributed by atoms with Crippen molar-refractivity contribution in [3.8, 4) is 0 Å². The second kappa shape index (κ2) is 5.98. The van der Waals surface area contributed by atoms with Crippen LogP contribution in [-0.4, -0.2) is 37.6 Å². The molecule has 4 nitrogen and oxygen atoms in total. The molecule has 1 heterocycles. The molecule has 0 amide bonds. The van der Waals surface area contributed by atoms with Gasteiger partial charge >= 0.3 is 0 Å². The van der Waals surface area contributed by atoms with Crippen molar-refractivity contribution in [2.75, 3.05) is 18.8 Å². The van der Waals surface area contributed by atoms with Gasteiger partial charge in [0.15, 0.2) is 0 Å². The summed E-state index contributed by atoms with van der Waals surface area (Å²) in [6, 6.07) is 0.166. The highest BCUT2D eigenvalue weighted by atomic mass is 32.2. The molecule has 1 aliphatic heterocycles. The van der Waals surface area contributed by atoms with E-state index < -0.39 is 10.0 Å². The van der Waals surface area contributed by atoms with Crippen LogP contribution >= 0.6 is 0 Å². The van der Waals surface area contributed by atoms with Crippen molar-refractivity contribution in [1.29, 1.82) is 0 Å². The number of hydrogen-bond donors (Lipinski definition) is 1. The molecule has 2 unspecified atom stereocenters. The number of sulfonamides is 1. The van der Waals surface area contributed by atoms with Gasteiger partial charge in [0, 0.05) is 12.6 Å². The van der Waals surface area contributed by atoms with Crippen molar-refractivity contribution in [3.05, 3.63) is 0 Å². The number of nitrogens with two attached hydrogens (primary N) is 1. The zero-order valence-corrected chi connectivity index (χ0v) is 11.2. The summed E-state index contributed by atoms with van der Waals surface area (Å²) in [6.45, 7) is 5.38. The monoisotopic (exact) mass is 248 g/mol. The van der Waals surface area contributed by atoms with Crippen LogP contribution in [0.2, 0.25) is 0 Å². The van der Waals surface area contributed by atoms with Crippen LogP contribution in [0.25, 0.3) is 0 Å². The minimum Gasteiger partial charge on any atom is -0.330 e. The van der Waals surface area contributed by atoms with Crippen LogP contribution in [0.1, 0.15) is 39.5 Å². The molecular weight excluding hydrogens is 224 g/mol. The number of unbranched alkanes of at least 4 members (excludes halogenated alkanes) is 1. The fourth-order valence-electron chi connectivity index (χ4n) is 2.18. The fraction of sp³-hybridized carbons (Fsp3) is 1.00. The van der Waals surface area contributed by atoms with Gasteiger partial charge in [-0.3, -0.25) is 0 Å². The average molecular weight is 248 g/mol. The van der Waals surface area contributed by atoms with E-state index in [0.29, 0.717) is 25.4 Å². The molecule has 0 aromatic heterocycles. The number of rotatable bonds is 5. The van der Waals surface area contributed by atoms with Crippen LogP contribution in [0.15, 0.2) is 0 Å². The van der Waals surface area contributed by atoms with E-state index in [0.717, 1.165) is 19.3 Å². The first-order chi connectivity index (χ1) is 7.47. The standard InChI is InChI=1S/C11H24N2O2S/c1-10-5-6-11(2)13(9-10)16(14,15)8-4-3-7-12/h10-11H,3-9,12H2,1-2H3. The lowest BCUT2D eigenvalue weighted by Crippen LogP contribution is -2.45. The van der Waals surface area contributed by atoms with Crippen molar-refractivity contribution < 1.29 is 8.42 Å². The molecule has 0 aliphatic carbocycles. The summed E-state index contributed by atoms with van der Waals surface area (Å²) in [5.74, 6) is 0.738. The first-order valence-electron chi connectivity index (χ1n) is 6.17. The van der Waals surface area contributed by atoms with Crippen LogP contribution in [0.3, 0.4) is 0 Å². The summed E-state index contributed by atoms with van der Waals surface area (Å²) in [5.41, 5.74) is 5.38. The third-order valence-electron chi connectivity index (χ3n) is 3.27. The Morgan fingerprint density at radius 2 is 1.94 bits per heavy atom. The molecular formula is C11H24N2O2S. The fourth-order valence-corrected chi connectivity index (χ4v) is 4.12. The van der Waals surface area contributed by atoms with Crippen LogP contribution in [0.5, 0.6) is 0 Å². The van der Waals surface area contributed by atoms with Gasteiger partial charge in [-0.25, -0.2) is 8.42 Å². The van der Waals surface area contributed by atoms with Crippen molar-refractivity contribution in [2.45, 2.75) is 45.6 Å². The lowest BCUT2D eigenvalue weighted by Gasteiger charge is -2.35. The lowest BCUT2D eigenvalue weighted by atomic mass is 9.97. The summed E-state index contributed by atoms with van der Waals surface area (Å²) >= 11 is 0. The Balaban J connectivity index is 2.58. The first kappa shape index (κ1) is 13.9. The largest absolute Gasteiger partial charge is 0.330 e. The summed E-state index contributed by atoms with van der Waals surface area (Å²) < 4.78 is 25.9. The predicted molar refractivity (Wildman–Crippen MR) is 66.6 cm³/mol. The second-order valence-electron chi connectivity index (χ2n) is 4.91. The van der Waals surface area contributed by atoms with Crippen LogP contribution in [0.4, 0.5) is 0 Å². The third-order valence-corrected chi connectivity index (χ3v) is 5.30. The van der Waals surface area contributed by atoms with Crippen molar-refractivity contribution >= 4 is 10.0 Å². The third kappa shape index (κ3) is 3.71. The van der Waals surface area contributed by atoms with E-state index in [-0.39, 0.29) is 11.8 Å². The molecule has 2 N–H and O–H groups in total. The maximum absolute atomic E-state index is 12.1. The highest BCUT2D eigenvalue weighted by Crippen LogP contribution is 2.24. The van der Waals surface area contributed by atoms with Gasteiger partial charge in [0.1, 0.15) is 0 Å². The number of hydrogen-bond acceptors (Lipinski definition) is 3. The summed E-state index contributed by atoms with van der Waals surface area (Å²) in [7, 11) is -3.06. The summed E-state index contributed by atoms with van der Waals surface area (Å²) in [6.07, 6.45) is 3.58. The Labute approximate surface area is 99.2 Å². The Kier molecular flexibility index (Phi) is 5.21. The molecule has 0 saturated carbocycles. The van der Waals surface area contributed by atoms with Gasteiger partial charge in [-0.15, -0.1) is 0 Å². The molecule has 0 bridgehead atoms. The quantitative estimate of drug-likeness (QED) is 0.743. The number of nitrogens with zero attached hydrogens (tertiary/aromatic N) is 1. The van der Waals surface area contributed by atoms with Crippen LogP contribution in [0, 0.1) is 5.92 Å². The molecule has 1 saturated heterocycles. The molecule has 2 atom stereocenters. The van der Waals surface area contributed by atoms with Gasteiger partial charge in [-0.1, -0.05) is 6.92 Å². The molecule has 1 aliphatic rings. The van der Waals surface area contributed by atoms with E-state index >= 15 is 0 Å². The van der Waals surface area contributed by atoms with E-state index in [1.54, 1.807) is 4.31 Å². The normalized spacial score (nSPS) is 28.2. The van der Waals surface area contributed by atoms with Crippen LogP contribution in [-0.2, 0) is 10.0 Å². The van der Waals surface area contributed by atoms with Crippen molar-refractivity contribution in [1.82, 2.24) is 4.31 Å². The van der Waals surface area contributed by atoms with E-state index in [4.69, 9.17) is 5.73 Å². The molecule has 96 valence electrons. The second-order valence-corrected chi connectivity index (χ2v) is 6.95.